The van der Waals surface area contributed by atoms with E-state index in [4.69, 9.17) is 11.6 Å². The molecule has 0 aliphatic heterocycles. The van der Waals surface area contributed by atoms with E-state index in [9.17, 15) is 18.0 Å². The summed E-state index contributed by atoms with van der Waals surface area (Å²) < 4.78 is 41.0. The van der Waals surface area contributed by atoms with E-state index < -0.39 is 17.7 Å². The van der Waals surface area contributed by atoms with Gasteiger partial charge in [0.1, 0.15) is 0 Å². The number of hydrogen-bond donors (Lipinski definition) is 0. The van der Waals surface area contributed by atoms with Crippen LogP contribution in [0.2, 0.25) is 5.02 Å². The summed E-state index contributed by atoms with van der Waals surface area (Å²) in [5.74, 6) is -1.22. The van der Waals surface area contributed by atoms with Gasteiger partial charge >= 0.3 is 6.18 Å². The molecule has 2 aromatic heterocycles. The average Bonchev–Trinajstić information content (AvgIpc) is 2.76. The van der Waals surface area contributed by atoms with Crippen LogP contribution in [0, 0.1) is 0 Å². The van der Waals surface area contributed by atoms with E-state index in [1.54, 1.807) is 54.7 Å². The Morgan fingerprint density at radius 3 is 2.48 bits per heavy atom. The highest BCUT2D eigenvalue weighted by molar-refractivity contribution is 6.30. The maximum Gasteiger partial charge on any atom is 0.418 e. The predicted octanol–water partition coefficient (Wildman–Crippen LogP) is 6.71. The molecule has 0 spiro atoms. The summed E-state index contributed by atoms with van der Waals surface area (Å²) in [6.45, 7) is 0. The second-order valence-corrected chi connectivity index (χ2v) is 7.52. The first-order valence-corrected chi connectivity index (χ1v) is 9.86. The predicted molar refractivity (Wildman–Crippen MR) is 113 cm³/mol. The number of halogens is 4. The van der Waals surface area contributed by atoms with Crippen molar-refractivity contribution in [1.29, 1.82) is 0 Å². The van der Waals surface area contributed by atoms with Gasteiger partial charge in [-0.1, -0.05) is 41.9 Å². The first-order chi connectivity index (χ1) is 14.8. The minimum atomic E-state index is -4.60. The van der Waals surface area contributed by atoms with Crippen molar-refractivity contribution in [3.63, 3.8) is 0 Å². The molecular formula is C24H16ClF3N2O. The first-order valence-electron chi connectivity index (χ1n) is 9.48. The SMILES string of the molecule is O=C(C[C@@H](c1cccc(Cl)c1)c1ncccc1C(F)(F)F)c1ccc2cccnc2c1. The summed E-state index contributed by atoms with van der Waals surface area (Å²) in [4.78, 5) is 21.4. The van der Waals surface area contributed by atoms with Crippen molar-refractivity contribution in [1.82, 2.24) is 9.97 Å². The summed E-state index contributed by atoms with van der Waals surface area (Å²) in [6, 6.07) is 17.4. The quantitative estimate of drug-likeness (QED) is 0.324. The van der Waals surface area contributed by atoms with Crippen LogP contribution in [0.25, 0.3) is 10.9 Å². The van der Waals surface area contributed by atoms with Crippen molar-refractivity contribution in [3.05, 3.63) is 107 Å². The molecule has 31 heavy (non-hydrogen) atoms. The number of ketones is 1. The molecule has 2 aromatic carbocycles. The average molecular weight is 441 g/mol. The van der Waals surface area contributed by atoms with Gasteiger partial charge < -0.3 is 0 Å². The largest absolute Gasteiger partial charge is 0.418 e. The maximum atomic E-state index is 13.7. The minimum absolute atomic E-state index is 0.196. The lowest BCUT2D eigenvalue weighted by atomic mass is 9.86. The Balaban J connectivity index is 1.77. The second-order valence-electron chi connectivity index (χ2n) is 7.08. The van der Waals surface area contributed by atoms with E-state index >= 15 is 0 Å². The fraction of sp³-hybridized carbons (Fsp3) is 0.125. The third kappa shape index (κ3) is 4.59. The molecule has 2 heterocycles. The van der Waals surface area contributed by atoms with Crippen LogP contribution in [0.3, 0.4) is 0 Å². The summed E-state index contributed by atoms with van der Waals surface area (Å²) >= 11 is 6.09. The lowest BCUT2D eigenvalue weighted by Gasteiger charge is -2.21. The number of fused-ring (bicyclic) bond motifs is 1. The van der Waals surface area contributed by atoms with Gasteiger partial charge in [-0.25, -0.2) is 0 Å². The van der Waals surface area contributed by atoms with Gasteiger partial charge in [0.2, 0.25) is 0 Å². The molecule has 156 valence electrons. The van der Waals surface area contributed by atoms with Crippen LogP contribution in [-0.2, 0) is 6.18 Å². The molecule has 0 fully saturated rings. The summed E-state index contributed by atoms with van der Waals surface area (Å²) in [6.07, 6.45) is -1.88. The number of rotatable bonds is 5. The van der Waals surface area contributed by atoms with Gasteiger partial charge in [-0.15, -0.1) is 0 Å². The van der Waals surface area contributed by atoms with E-state index in [2.05, 4.69) is 9.97 Å². The van der Waals surface area contributed by atoms with E-state index in [0.717, 1.165) is 11.5 Å². The highest BCUT2D eigenvalue weighted by Gasteiger charge is 2.37. The van der Waals surface area contributed by atoms with Crippen molar-refractivity contribution >= 4 is 28.3 Å². The molecule has 0 saturated carbocycles. The first kappa shape index (κ1) is 21.0. The van der Waals surface area contributed by atoms with Crippen molar-refractivity contribution in [3.8, 4) is 0 Å². The highest BCUT2D eigenvalue weighted by Crippen LogP contribution is 2.38. The van der Waals surface area contributed by atoms with Gasteiger partial charge in [-0.3, -0.25) is 14.8 Å². The number of Topliss-reactive ketones (excluding diaryl/α,β-unsaturated/α-hetero) is 1. The van der Waals surface area contributed by atoms with Crippen LogP contribution in [0.15, 0.2) is 79.1 Å². The van der Waals surface area contributed by atoms with Gasteiger partial charge in [-0.05, 0) is 42.0 Å². The molecule has 1 atom stereocenters. The zero-order valence-corrected chi connectivity index (χ0v) is 16.9. The van der Waals surface area contributed by atoms with Crippen LogP contribution in [-0.4, -0.2) is 15.8 Å². The number of nitrogens with zero attached hydrogens (tertiary/aromatic N) is 2. The maximum absolute atomic E-state index is 13.7. The van der Waals surface area contributed by atoms with E-state index in [1.807, 2.05) is 6.07 Å². The molecule has 0 N–H and O–H groups in total. The molecule has 7 heteroatoms. The number of pyridine rings is 2. The Hall–Kier alpha value is -3.25. The van der Waals surface area contributed by atoms with E-state index in [-0.39, 0.29) is 17.9 Å². The fourth-order valence-corrected chi connectivity index (χ4v) is 3.77. The van der Waals surface area contributed by atoms with Crippen LogP contribution in [0.4, 0.5) is 13.2 Å². The lowest BCUT2D eigenvalue weighted by Crippen LogP contribution is -2.17. The number of carbonyl (C=O) groups excluding carboxylic acids is 1. The minimum Gasteiger partial charge on any atom is -0.294 e. The fourth-order valence-electron chi connectivity index (χ4n) is 3.57. The van der Waals surface area contributed by atoms with Gasteiger partial charge in [0.25, 0.3) is 0 Å². The van der Waals surface area contributed by atoms with Crippen LogP contribution >= 0.6 is 11.6 Å². The Kier molecular flexibility index (Phi) is 5.74. The highest BCUT2D eigenvalue weighted by atomic mass is 35.5. The summed E-state index contributed by atoms with van der Waals surface area (Å²) in [7, 11) is 0. The van der Waals surface area contributed by atoms with Crippen molar-refractivity contribution in [2.45, 2.75) is 18.5 Å². The molecule has 0 unspecified atom stereocenters. The van der Waals surface area contributed by atoms with Gasteiger partial charge in [0.15, 0.2) is 5.78 Å². The Labute approximate surface area is 181 Å². The summed E-state index contributed by atoms with van der Waals surface area (Å²) in [5, 5.41) is 1.24. The Bertz CT molecular complexity index is 1260. The van der Waals surface area contributed by atoms with Crippen molar-refractivity contribution < 1.29 is 18.0 Å². The molecule has 0 radical (unpaired) electrons. The molecule has 0 bridgehead atoms. The molecule has 0 aliphatic rings. The number of alkyl halides is 3. The van der Waals surface area contributed by atoms with Crippen LogP contribution in [0.5, 0.6) is 0 Å². The third-order valence-corrected chi connectivity index (χ3v) is 5.28. The van der Waals surface area contributed by atoms with E-state index in [1.165, 1.54) is 12.3 Å². The number of hydrogen-bond acceptors (Lipinski definition) is 3. The van der Waals surface area contributed by atoms with Crippen molar-refractivity contribution in [2.75, 3.05) is 0 Å². The molecule has 3 nitrogen and oxygen atoms in total. The Morgan fingerprint density at radius 1 is 0.935 bits per heavy atom. The van der Waals surface area contributed by atoms with Crippen LogP contribution in [0.1, 0.15) is 39.5 Å². The normalized spacial score (nSPS) is 12.6. The van der Waals surface area contributed by atoms with Crippen molar-refractivity contribution in [2.24, 2.45) is 0 Å². The van der Waals surface area contributed by atoms with Crippen LogP contribution < -0.4 is 0 Å². The molecule has 0 aliphatic carbocycles. The zero-order valence-electron chi connectivity index (χ0n) is 16.1. The van der Waals surface area contributed by atoms with E-state index in [0.29, 0.717) is 21.7 Å². The zero-order chi connectivity index (χ0) is 22.0. The monoisotopic (exact) mass is 440 g/mol. The molecule has 0 saturated heterocycles. The summed E-state index contributed by atoms with van der Waals surface area (Å²) in [5.41, 5.74) is 0.436. The molecule has 4 aromatic rings. The third-order valence-electron chi connectivity index (χ3n) is 5.04. The molecule has 4 rings (SSSR count). The van der Waals surface area contributed by atoms with Gasteiger partial charge in [0.05, 0.1) is 16.8 Å². The second kappa shape index (κ2) is 8.47. The standard InChI is InChI=1S/C24H16ClF3N2O/c25-18-6-1-4-16(12-18)19(23-20(24(26,27)28)7-3-11-30-23)14-22(31)17-9-8-15-5-2-10-29-21(15)13-17/h1-13,19H,14H2/t19-/m0/s1. The topological polar surface area (TPSA) is 42.9 Å². The van der Waals surface area contributed by atoms with Gasteiger partial charge in [0, 0.05) is 40.7 Å². The Morgan fingerprint density at radius 2 is 1.71 bits per heavy atom. The van der Waals surface area contributed by atoms with Gasteiger partial charge in [-0.2, -0.15) is 13.2 Å². The number of aromatic nitrogens is 2. The lowest BCUT2D eigenvalue weighted by molar-refractivity contribution is -0.138. The smallest absolute Gasteiger partial charge is 0.294 e. The number of benzene rings is 2. The number of carbonyl (C=O) groups is 1. The molecule has 0 amide bonds. The molecular weight excluding hydrogens is 425 g/mol.